The quantitative estimate of drug-likeness (QED) is 0.794. The molecule has 0 amide bonds. The number of hydrogen-bond acceptors (Lipinski definition) is 3. The van der Waals surface area contributed by atoms with Crippen molar-refractivity contribution in [3.8, 4) is 0 Å². The summed E-state index contributed by atoms with van der Waals surface area (Å²) in [5.74, 6) is -0.281. The fraction of sp³-hybridized carbons (Fsp3) is 0.462. The number of hydrogen-bond donors (Lipinski definition) is 1. The van der Waals surface area contributed by atoms with Gasteiger partial charge >= 0.3 is 5.97 Å². The molecule has 1 fully saturated rings. The number of nitrogens with one attached hydrogen (secondary N) is 1. The van der Waals surface area contributed by atoms with Gasteiger partial charge in [0.05, 0.1) is 12.7 Å². The van der Waals surface area contributed by atoms with E-state index < -0.39 is 0 Å². The number of methoxy groups -OCH3 is 1. The standard InChI is InChI=1S/C13H17NO2/c1-9-6-7-10(13(15)16-2)8-12(9)14-11-4-3-5-11/h6-8,11,14H,3-5H2,1-2H3. The first kappa shape index (κ1) is 11.0. The van der Waals surface area contributed by atoms with Crippen LogP contribution in [0, 0.1) is 6.92 Å². The molecule has 1 aromatic rings. The molecule has 0 atom stereocenters. The Kier molecular flexibility index (Phi) is 3.13. The number of rotatable bonds is 3. The molecule has 0 spiro atoms. The van der Waals surface area contributed by atoms with Crippen molar-refractivity contribution in [1.82, 2.24) is 0 Å². The summed E-state index contributed by atoms with van der Waals surface area (Å²) < 4.78 is 4.71. The zero-order chi connectivity index (χ0) is 11.5. The minimum atomic E-state index is -0.281. The summed E-state index contributed by atoms with van der Waals surface area (Å²) in [6.45, 7) is 2.04. The van der Waals surface area contributed by atoms with Crippen LogP contribution < -0.4 is 5.32 Å². The van der Waals surface area contributed by atoms with Gasteiger partial charge in [0.15, 0.2) is 0 Å². The summed E-state index contributed by atoms with van der Waals surface area (Å²) in [6, 6.07) is 6.20. The van der Waals surface area contributed by atoms with E-state index in [4.69, 9.17) is 4.74 Å². The molecule has 1 aromatic carbocycles. The Hall–Kier alpha value is -1.51. The maximum Gasteiger partial charge on any atom is 0.337 e. The molecule has 1 aliphatic rings. The molecule has 3 heteroatoms. The Morgan fingerprint density at radius 1 is 1.44 bits per heavy atom. The average molecular weight is 219 g/mol. The highest BCUT2D eigenvalue weighted by molar-refractivity contribution is 5.90. The van der Waals surface area contributed by atoms with Gasteiger partial charge < -0.3 is 10.1 Å². The van der Waals surface area contributed by atoms with Crippen LogP contribution in [-0.2, 0) is 4.74 Å². The molecule has 1 N–H and O–H groups in total. The lowest BCUT2D eigenvalue weighted by Gasteiger charge is -2.28. The fourth-order valence-corrected chi connectivity index (χ4v) is 1.79. The topological polar surface area (TPSA) is 38.3 Å². The third-order valence-electron chi connectivity index (χ3n) is 3.12. The molecule has 3 nitrogen and oxygen atoms in total. The predicted molar refractivity (Wildman–Crippen MR) is 63.8 cm³/mol. The summed E-state index contributed by atoms with van der Waals surface area (Å²) in [7, 11) is 1.40. The van der Waals surface area contributed by atoms with Gasteiger partial charge in [-0.2, -0.15) is 0 Å². The number of esters is 1. The van der Waals surface area contributed by atoms with E-state index in [-0.39, 0.29) is 5.97 Å². The van der Waals surface area contributed by atoms with Crippen LogP contribution in [0.4, 0.5) is 5.69 Å². The minimum Gasteiger partial charge on any atom is -0.465 e. The van der Waals surface area contributed by atoms with E-state index in [1.165, 1.54) is 31.9 Å². The molecule has 1 aliphatic carbocycles. The Labute approximate surface area is 95.8 Å². The minimum absolute atomic E-state index is 0.281. The van der Waals surface area contributed by atoms with Gasteiger partial charge in [0.1, 0.15) is 0 Å². The molecule has 0 radical (unpaired) electrons. The number of anilines is 1. The highest BCUT2D eigenvalue weighted by atomic mass is 16.5. The van der Waals surface area contributed by atoms with Gasteiger partial charge in [-0.15, -0.1) is 0 Å². The van der Waals surface area contributed by atoms with Crippen LogP contribution in [0.5, 0.6) is 0 Å². The van der Waals surface area contributed by atoms with E-state index in [1.807, 2.05) is 19.1 Å². The molecule has 0 aromatic heterocycles. The monoisotopic (exact) mass is 219 g/mol. The Morgan fingerprint density at radius 2 is 2.19 bits per heavy atom. The van der Waals surface area contributed by atoms with E-state index in [0.29, 0.717) is 11.6 Å². The normalized spacial score (nSPS) is 15.4. The fourth-order valence-electron chi connectivity index (χ4n) is 1.79. The zero-order valence-corrected chi connectivity index (χ0v) is 9.75. The van der Waals surface area contributed by atoms with E-state index in [2.05, 4.69) is 5.32 Å². The molecule has 16 heavy (non-hydrogen) atoms. The van der Waals surface area contributed by atoms with Crippen molar-refractivity contribution in [2.75, 3.05) is 12.4 Å². The summed E-state index contributed by atoms with van der Waals surface area (Å²) in [5.41, 5.74) is 2.82. The van der Waals surface area contributed by atoms with Crippen LogP contribution in [0.15, 0.2) is 18.2 Å². The van der Waals surface area contributed by atoms with Crippen LogP contribution in [0.1, 0.15) is 35.2 Å². The maximum atomic E-state index is 11.4. The number of benzene rings is 1. The smallest absolute Gasteiger partial charge is 0.337 e. The number of carbonyl (C=O) groups is 1. The van der Waals surface area contributed by atoms with Crippen molar-refractivity contribution in [1.29, 1.82) is 0 Å². The number of aryl methyl sites for hydroxylation is 1. The van der Waals surface area contributed by atoms with Crippen molar-refractivity contribution in [2.24, 2.45) is 0 Å². The highest BCUT2D eigenvalue weighted by Gasteiger charge is 2.18. The number of carbonyl (C=O) groups excluding carboxylic acids is 1. The van der Waals surface area contributed by atoms with E-state index in [0.717, 1.165) is 5.69 Å². The van der Waals surface area contributed by atoms with Crippen molar-refractivity contribution in [3.05, 3.63) is 29.3 Å². The molecule has 0 saturated heterocycles. The van der Waals surface area contributed by atoms with E-state index >= 15 is 0 Å². The van der Waals surface area contributed by atoms with Gasteiger partial charge in [-0.25, -0.2) is 4.79 Å². The second-order valence-electron chi connectivity index (χ2n) is 4.29. The van der Waals surface area contributed by atoms with Gasteiger partial charge in [-0.1, -0.05) is 6.07 Å². The maximum absolute atomic E-state index is 11.4. The van der Waals surface area contributed by atoms with Crippen LogP contribution >= 0.6 is 0 Å². The SMILES string of the molecule is COC(=O)c1ccc(C)c(NC2CCC2)c1. The van der Waals surface area contributed by atoms with Gasteiger partial charge in [-0.05, 0) is 43.9 Å². The molecule has 0 unspecified atom stereocenters. The van der Waals surface area contributed by atoms with Crippen LogP contribution in [0.25, 0.3) is 0 Å². The van der Waals surface area contributed by atoms with Crippen molar-refractivity contribution >= 4 is 11.7 Å². The molecule has 0 heterocycles. The third kappa shape index (κ3) is 2.18. The van der Waals surface area contributed by atoms with Crippen LogP contribution in [0.2, 0.25) is 0 Å². The Bertz CT molecular complexity index is 397. The summed E-state index contributed by atoms with van der Waals surface area (Å²) >= 11 is 0. The predicted octanol–water partition coefficient (Wildman–Crippen LogP) is 2.75. The van der Waals surface area contributed by atoms with Gasteiger partial charge in [0.2, 0.25) is 0 Å². The summed E-state index contributed by atoms with van der Waals surface area (Å²) in [5, 5.41) is 3.46. The van der Waals surface area contributed by atoms with Gasteiger partial charge in [-0.3, -0.25) is 0 Å². The Balaban J connectivity index is 2.17. The summed E-state index contributed by atoms with van der Waals surface area (Å²) in [4.78, 5) is 11.4. The first-order valence-electron chi connectivity index (χ1n) is 5.66. The lowest BCUT2D eigenvalue weighted by atomic mass is 9.92. The second-order valence-corrected chi connectivity index (χ2v) is 4.29. The van der Waals surface area contributed by atoms with E-state index in [9.17, 15) is 4.79 Å². The lowest BCUT2D eigenvalue weighted by molar-refractivity contribution is 0.0601. The molecule has 2 rings (SSSR count). The second kappa shape index (κ2) is 4.56. The molecular formula is C13H17NO2. The highest BCUT2D eigenvalue weighted by Crippen LogP contribution is 2.26. The van der Waals surface area contributed by atoms with Crippen LogP contribution in [0.3, 0.4) is 0 Å². The summed E-state index contributed by atoms with van der Waals surface area (Å²) in [6.07, 6.45) is 3.75. The first-order chi connectivity index (χ1) is 7.70. The molecule has 0 bridgehead atoms. The van der Waals surface area contributed by atoms with Crippen molar-refractivity contribution in [3.63, 3.8) is 0 Å². The van der Waals surface area contributed by atoms with Gasteiger partial charge in [0, 0.05) is 11.7 Å². The third-order valence-corrected chi connectivity index (χ3v) is 3.12. The van der Waals surface area contributed by atoms with Gasteiger partial charge in [0.25, 0.3) is 0 Å². The zero-order valence-electron chi connectivity index (χ0n) is 9.75. The Morgan fingerprint density at radius 3 is 2.75 bits per heavy atom. The molecular weight excluding hydrogens is 202 g/mol. The number of ether oxygens (including phenoxy) is 1. The van der Waals surface area contributed by atoms with Crippen molar-refractivity contribution < 1.29 is 9.53 Å². The van der Waals surface area contributed by atoms with Crippen molar-refractivity contribution in [2.45, 2.75) is 32.2 Å². The molecule has 86 valence electrons. The largest absolute Gasteiger partial charge is 0.465 e. The average Bonchev–Trinajstić information content (AvgIpc) is 2.24. The van der Waals surface area contributed by atoms with Crippen LogP contribution in [-0.4, -0.2) is 19.1 Å². The first-order valence-corrected chi connectivity index (χ1v) is 5.66. The lowest BCUT2D eigenvalue weighted by Crippen LogP contribution is -2.27. The van der Waals surface area contributed by atoms with E-state index in [1.54, 1.807) is 6.07 Å². The molecule has 0 aliphatic heterocycles. The molecule has 1 saturated carbocycles.